The number of carbonyl (C=O) groups is 1. The summed E-state index contributed by atoms with van der Waals surface area (Å²) < 4.78 is 10.5. The highest BCUT2D eigenvalue weighted by atomic mass is 16.6. The molecule has 0 bridgehead atoms. The van der Waals surface area contributed by atoms with Crippen molar-refractivity contribution in [2.75, 3.05) is 6.61 Å². The van der Waals surface area contributed by atoms with Crippen molar-refractivity contribution in [2.24, 2.45) is 11.3 Å². The van der Waals surface area contributed by atoms with Crippen LogP contribution in [0.4, 0.5) is 0 Å². The van der Waals surface area contributed by atoms with E-state index in [1.54, 1.807) is 38.1 Å². The molecule has 3 N–H and O–H groups in total. The molecule has 1 aliphatic carbocycles. The first-order valence-electron chi connectivity index (χ1n) is 16.8. The van der Waals surface area contributed by atoms with Gasteiger partial charge in [-0.3, -0.25) is 4.79 Å². The van der Waals surface area contributed by atoms with Gasteiger partial charge in [0.05, 0.1) is 28.8 Å². The van der Waals surface area contributed by atoms with Crippen molar-refractivity contribution < 1.29 is 24.9 Å². The zero-order chi connectivity index (χ0) is 35.0. The third-order valence-electron chi connectivity index (χ3n) is 10.6. The maximum Gasteiger partial charge on any atom is 0.352 e. The van der Waals surface area contributed by atoms with E-state index in [1.807, 2.05) is 64.1 Å². The second kappa shape index (κ2) is 14.0. The molecule has 10 heteroatoms. The lowest BCUT2D eigenvalue weighted by atomic mass is 9.53. The van der Waals surface area contributed by atoms with Crippen LogP contribution < -0.4 is 11.4 Å². The number of allylic oxidation sites excluding steroid dienone is 9. The van der Waals surface area contributed by atoms with Gasteiger partial charge < -0.3 is 20.1 Å². The van der Waals surface area contributed by atoms with Crippen LogP contribution in [-0.2, 0) is 9.53 Å². The van der Waals surface area contributed by atoms with Crippen LogP contribution >= 0.6 is 0 Å². The third kappa shape index (κ3) is 6.11. The number of aromatic nitrogens is 3. The Bertz CT molecular complexity index is 1800. The van der Waals surface area contributed by atoms with E-state index in [2.05, 4.69) is 0 Å². The predicted octanol–water partition coefficient (Wildman–Crippen LogP) is 4.85. The summed E-state index contributed by atoms with van der Waals surface area (Å²) in [5.74, 6) is -0.453. The molecular formula is C38H49N3O7. The van der Waals surface area contributed by atoms with Gasteiger partial charge in [-0.1, -0.05) is 65.3 Å². The van der Waals surface area contributed by atoms with E-state index in [1.165, 1.54) is 9.36 Å². The molecule has 3 heterocycles. The molecule has 1 aromatic carbocycles. The normalized spacial score (nSPS) is 31.6. The van der Waals surface area contributed by atoms with E-state index >= 15 is 0 Å². The Morgan fingerprint density at radius 2 is 1.77 bits per heavy atom. The molecule has 258 valence electrons. The van der Waals surface area contributed by atoms with Gasteiger partial charge >= 0.3 is 11.4 Å². The predicted molar refractivity (Wildman–Crippen MR) is 185 cm³/mol. The zero-order valence-electron chi connectivity index (χ0n) is 28.8. The van der Waals surface area contributed by atoms with Crippen molar-refractivity contribution in [3.8, 4) is 5.69 Å². The van der Waals surface area contributed by atoms with Crippen LogP contribution in [-0.4, -0.2) is 60.1 Å². The summed E-state index contributed by atoms with van der Waals surface area (Å²) in [6.45, 7) is 11.2. The smallest absolute Gasteiger partial charge is 0.352 e. The highest BCUT2D eigenvalue weighted by Gasteiger charge is 2.65. The lowest BCUT2D eigenvalue weighted by Gasteiger charge is -2.54. The summed E-state index contributed by atoms with van der Waals surface area (Å²) in [6.07, 6.45) is 10.1. The topological polar surface area (TPSA) is 136 Å². The van der Waals surface area contributed by atoms with Crippen molar-refractivity contribution in [3.63, 3.8) is 0 Å². The van der Waals surface area contributed by atoms with E-state index < -0.39 is 52.8 Å². The molecule has 2 fully saturated rings. The van der Waals surface area contributed by atoms with Gasteiger partial charge in [-0.25, -0.2) is 23.5 Å². The van der Waals surface area contributed by atoms with Gasteiger partial charge in [0, 0.05) is 6.61 Å². The highest BCUT2D eigenvalue weighted by molar-refractivity contribution is 5.74. The minimum atomic E-state index is -1.43. The lowest BCUT2D eigenvalue weighted by Crippen LogP contribution is -2.58. The Morgan fingerprint density at radius 3 is 2.42 bits per heavy atom. The number of aliphatic hydroxyl groups is 3. The second-order valence-corrected chi connectivity index (χ2v) is 14.1. The van der Waals surface area contributed by atoms with E-state index in [0.29, 0.717) is 36.9 Å². The number of aliphatic hydroxyl groups excluding tert-OH is 2. The Balaban J connectivity index is 1.68. The third-order valence-corrected chi connectivity index (χ3v) is 10.6. The van der Waals surface area contributed by atoms with Crippen molar-refractivity contribution in [1.82, 2.24) is 13.9 Å². The van der Waals surface area contributed by atoms with Gasteiger partial charge in [-0.05, 0) is 103 Å². The molecule has 5 rings (SSSR count). The Labute approximate surface area is 281 Å². The first kappa shape index (κ1) is 35.5. The molecule has 2 aliphatic heterocycles. The zero-order valence-corrected chi connectivity index (χ0v) is 28.8. The number of nitrogens with zero attached hydrogens (tertiary/aromatic N) is 3. The van der Waals surface area contributed by atoms with Gasteiger partial charge in [0.15, 0.2) is 6.29 Å². The first-order chi connectivity index (χ1) is 22.8. The fourth-order valence-corrected chi connectivity index (χ4v) is 8.21. The summed E-state index contributed by atoms with van der Waals surface area (Å²) in [7, 11) is 0. The SMILES string of the molecule is CC(C)=C/C=C/C(C)=C/C1C=C(C)C([C@@H]2C[C@]3([C@H](CCCO)/C(=C(\C)C=O)CC[C@]3(C)O)[C@@H](O)O2)n2c(=O)n(-c3ccccc3)c(=O)n21. The fraction of sp³-hybridized carbons (Fsp3) is 0.500. The number of hydrogen-bond acceptors (Lipinski definition) is 7. The second-order valence-electron chi connectivity index (χ2n) is 14.1. The molecule has 0 amide bonds. The van der Waals surface area contributed by atoms with Crippen LogP contribution in [0.3, 0.4) is 0 Å². The van der Waals surface area contributed by atoms with E-state index in [4.69, 9.17) is 4.74 Å². The number of hydrogen-bond donors (Lipinski definition) is 3. The van der Waals surface area contributed by atoms with Gasteiger partial charge in [-0.15, -0.1) is 0 Å². The number of carbonyl (C=O) groups excluding carboxylic acids is 1. The van der Waals surface area contributed by atoms with Crippen LogP contribution in [0.1, 0.15) is 85.7 Å². The Hall–Kier alpha value is -3.83. The van der Waals surface area contributed by atoms with Crippen molar-refractivity contribution in [1.29, 1.82) is 0 Å². The molecule has 7 atom stereocenters. The molecular weight excluding hydrogens is 610 g/mol. The van der Waals surface area contributed by atoms with Crippen LogP contribution in [0.15, 0.2) is 98.2 Å². The van der Waals surface area contributed by atoms with Crippen LogP contribution in [0.25, 0.3) is 5.69 Å². The van der Waals surface area contributed by atoms with Gasteiger partial charge in [0.1, 0.15) is 12.3 Å². The average Bonchev–Trinajstić information content (AvgIpc) is 3.51. The molecule has 0 radical (unpaired) electrons. The quantitative estimate of drug-likeness (QED) is 0.152. The van der Waals surface area contributed by atoms with Crippen molar-refractivity contribution in [2.45, 2.75) is 104 Å². The molecule has 10 nitrogen and oxygen atoms in total. The molecule has 1 saturated heterocycles. The Morgan fingerprint density at radius 1 is 1.08 bits per heavy atom. The van der Waals surface area contributed by atoms with Crippen LogP contribution in [0.2, 0.25) is 0 Å². The first-order valence-corrected chi connectivity index (χ1v) is 16.8. The van der Waals surface area contributed by atoms with E-state index in [-0.39, 0.29) is 13.0 Å². The molecule has 1 aromatic heterocycles. The van der Waals surface area contributed by atoms with Gasteiger partial charge in [0.25, 0.3) is 0 Å². The van der Waals surface area contributed by atoms with E-state index in [0.717, 1.165) is 33.1 Å². The number of benzene rings is 1. The molecule has 3 aliphatic rings. The minimum Gasteiger partial charge on any atom is -0.396 e. The maximum absolute atomic E-state index is 14.4. The molecule has 2 unspecified atom stereocenters. The molecule has 1 spiro atoms. The summed E-state index contributed by atoms with van der Waals surface area (Å²) in [4.78, 5) is 40.6. The number of rotatable bonds is 9. The van der Waals surface area contributed by atoms with Crippen LogP contribution in [0.5, 0.6) is 0 Å². The maximum atomic E-state index is 14.4. The Kier molecular flexibility index (Phi) is 10.3. The largest absolute Gasteiger partial charge is 0.396 e. The summed E-state index contributed by atoms with van der Waals surface area (Å²) >= 11 is 0. The monoisotopic (exact) mass is 659 g/mol. The molecule has 2 aromatic rings. The number of para-hydroxylation sites is 1. The molecule has 48 heavy (non-hydrogen) atoms. The highest BCUT2D eigenvalue weighted by Crippen LogP contribution is 2.61. The summed E-state index contributed by atoms with van der Waals surface area (Å²) in [5, 5.41) is 33.7. The summed E-state index contributed by atoms with van der Waals surface area (Å²) in [5.41, 5.74) is 0.990. The van der Waals surface area contributed by atoms with Crippen molar-refractivity contribution in [3.05, 3.63) is 110 Å². The number of aldehydes is 1. The lowest BCUT2D eigenvalue weighted by molar-refractivity contribution is -0.222. The molecule has 1 saturated carbocycles. The minimum absolute atomic E-state index is 0.0838. The van der Waals surface area contributed by atoms with Gasteiger partial charge in [0.2, 0.25) is 0 Å². The van der Waals surface area contributed by atoms with Crippen molar-refractivity contribution >= 4 is 6.29 Å². The van der Waals surface area contributed by atoms with Gasteiger partial charge in [-0.2, -0.15) is 0 Å². The summed E-state index contributed by atoms with van der Waals surface area (Å²) in [6, 6.07) is 7.42. The fourth-order valence-electron chi connectivity index (χ4n) is 8.21. The average molecular weight is 660 g/mol. The van der Waals surface area contributed by atoms with Crippen LogP contribution in [0, 0.1) is 11.3 Å². The standard InChI is InChI=1S/C38H49N3O7/c1-24(2)12-10-13-25(3)20-29-21-26(4)33(41-36(46)39(35(45)40(29)41)28-14-8-7-9-15-28)32-22-38(34(44)48-32)31(16-11-19-42)30(27(5)23-43)17-18-37(38,6)47/h7-10,12-15,20-21,23,29,31-34,42,44,47H,11,16-19,22H2,1-6H3/b13-10+,25-20+,30-27+/t29?,31-,32+,33?,34+,37+,38+/m1/s1. The van der Waals surface area contributed by atoms with E-state index in [9.17, 15) is 29.7 Å². The number of fused-ring (bicyclic) bond motifs is 1. The number of ether oxygens (including phenoxy) is 1.